The van der Waals surface area contributed by atoms with Gasteiger partial charge in [-0.05, 0) is 12.0 Å². The first-order valence-electron chi connectivity index (χ1n) is 5.14. The summed E-state index contributed by atoms with van der Waals surface area (Å²) in [6, 6.07) is 4.71. The van der Waals surface area contributed by atoms with Crippen LogP contribution in [-0.2, 0) is 0 Å². The molecule has 2 rings (SSSR count). The van der Waals surface area contributed by atoms with Crippen LogP contribution in [0.25, 0.3) is 0 Å². The third-order valence-corrected chi connectivity index (χ3v) is 3.17. The summed E-state index contributed by atoms with van der Waals surface area (Å²) < 4.78 is 28.8. The van der Waals surface area contributed by atoms with Gasteiger partial charge in [0, 0.05) is 17.0 Å². The molecule has 1 aliphatic rings. The second kappa shape index (κ2) is 3.85. The third kappa shape index (κ3) is 1.58. The minimum absolute atomic E-state index is 0.00205. The lowest BCUT2D eigenvalue weighted by Gasteiger charge is -2.13. The Kier molecular flexibility index (Phi) is 2.66. The van der Waals surface area contributed by atoms with Crippen molar-refractivity contribution in [1.29, 1.82) is 0 Å². The zero-order chi connectivity index (χ0) is 11.9. The second-order valence-corrected chi connectivity index (χ2v) is 4.04. The summed E-state index contributed by atoms with van der Waals surface area (Å²) in [4.78, 5) is 11.8. The predicted molar refractivity (Wildman–Crippen MR) is 55.0 cm³/mol. The minimum atomic E-state index is -2.86. The monoisotopic (exact) mass is 226 g/mol. The molecule has 2 nitrogen and oxygen atoms in total. The maximum atomic E-state index is 12.2. The molecule has 0 saturated heterocycles. The summed E-state index contributed by atoms with van der Waals surface area (Å²) >= 11 is 0. The number of benzene rings is 1. The molecule has 0 heterocycles. The maximum Gasteiger partial charge on any atom is 0.387 e. The van der Waals surface area contributed by atoms with Crippen molar-refractivity contribution in [2.45, 2.75) is 26.4 Å². The summed E-state index contributed by atoms with van der Waals surface area (Å²) in [6.45, 7) is 0.802. The molecule has 0 fully saturated rings. The number of rotatable bonds is 2. The van der Waals surface area contributed by atoms with Crippen LogP contribution >= 0.6 is 0 Å². The molecule has 16 heavy (non-hydrogen) atoms. The number of alkyl halides is 2. The van der Waals surface area contributed by atoms with Crippen LogP contribution in [-0.4, -0.2) is 12.4 Å². The first kappa shape index (κ1) is 11.0. The summed E-state index contributed by atoms with van der Waals surface area (Å²) in [5, 5.41) is 0. The van der Waals surface area contributed by atoms with E-state index >= 15 is 0 Å². The van der Waals surface area contributed by atoms with E-state index in [1.54, 1.807) is 19.1 Å². The SMILES string of the molecule is CC1C(=O)c2cccc(OC(F)F)c2C1C. The Bertz CT molecular complexity index is 429. The summed E-state index contributed by atoms with van der Waals surface area (Å²) in [6.07, 6.45) is 0. The van der Waals surface area contributed by atoms with Gasteiger partial charge in [-0.3, -0.25) is 4.79 Å². The lowest BCUT2D eigenvalue weighted by atomic mass is 9.96. The summed E-state index contributed by atoms with van der Waals surface area (Å²) in [5.74, 6) is -0.116. The van der Waals surface area contributed by atoms with E-state index in [1.807, 2.05) is 6.92 Å². The molecule has 0 radical (unpaired) electrons. The average molecular weight is 226 g/mol. The highest BCUT2D eigenvalue weighted by atomic mass is 19.3. The van der Waals surface area contributed by atoms with Crippen LogP contribution in [0.15, 0.2) is 18.2 Å². The fraction of sp³-hybridized carbons (Fsp3) is 0.417. The Morgan fingerprint density at radius 3 is 2.56 bits per heavy atom. The van der Waals surface area contributed by atoms with E-state index in [2.05, 4.69) is 4.74 Å². The molecule has 0 amide bonds. The molecule has 1 aromatic carbocycles. The predicted octanol–water partition coefficient (Wildman–Crippen LogP) is 3.22. The quantitative estimate of drug-likeness (QED) is 0.773. The number of carbonyl (C=O) groups is 1. The molecule has 1 aromatic rings. The molecule has 86 valence electrons. The van der Waals surface area contributed by atoms with E-state index in [4.69, 9.17) is 0 Å². The fourth-order valence-electron chi connectivity index (χ4n) is 2.15. The van der Waals surface area contributed by atoms with Crippen LogP contribution in [0, 0.1) is 5.92 Å². The lowest BCUT2D eigenvalue weighted by Crippen LogP contribution is -2.07. The van der Waals surface area contributed by atoms with Crippen molar-refractivity contribution in [2.75, 3.05) is 0 Å². The fourth-order valence-corrected chi connectivity index (χ4v) is 2.15. The highest BCUT2D eigenvalue weighted by Gasteiger charge is 2.36. The number of ketones is 1. The molecule has 1 aliphatic carbocycles. The molecule has 0 saturated carbocycles. The third-order valence-electron chi connectivity index (χ3n) is 3.17. The number of Topliss-reactive ketones (excluding diaryl/α,β-unsaturated/α-hetero) is 1. The van der Waals surface area contributed by atoms with Crippen LogP contribution in [0.3, 0.4) is 0 Å². The van der Waals surface area contributed by atoms with E-state index in [0.29, 0.717) is 11.1 Å². The van der Waals surface area contributed by atoms with Crippen molar-refractivity contribution < 1.29 is 18.3 Å². The zero-order valence-electron chi connectivity index (χ0n) is 9.04. The standard InChI is InChI=1S/C12H12F2O2/c1-6-7(2)11(15)8-4-3-5-9(10(6)8)16-12(13)14/h3-7,12H,1-2H3. The Balaban J connectivity index is 2.49. The molecular formula is C12H12F2O2. The zero-order valence-corrected chi connectivity index (χ0v) is 9.04. The Hall–Kier alpha value is -1.45. The van der Waals surface area contributed by atoms with E-state index in [1.165, 1.54) is 6.07 Å². The summed E-state index contributed by atoms with van der Waals surface area (Å²) in [7, 11) is 0. The second-order valence-electron chi connectivity index (χ2n) is 4.04. The number of hydrogen-bond donors (Lipinski definition) is 0. The van der Waals surface area contributed by atoms with Gasteiger partial charge >= 0.3 is 6.61 Å². The van der Waals surface area contributed by atoms with Crippen molar-refractivity contribution in [3.8, 4) is 5.75 Å². The average Bonchev–Trinajstić information content (AvgIpc) is 2.44. The van der Waals surface area contributed by atoms with Crippen molar-refractivity contribution >= 4 is 5.78 Å². The van der Waals surface area contributed by atoms with Crippen molar-refractivity contribution in [3.05, 3.63) is 29.3 Å². The van der Waals surface area contributed by atoms with Gasteiger partial charge in [-0.25, -0.2) is 0 Å². The Morgan fingerprint density at radius 2 is 1.94 bits per heavy atom. The number of hydrogen-bond acceptors (Lipinski definition) is 2. The molecule has 0 N–H and O–H groups in total. The normalized spacial score (nSPS) is 23.7. The van der Waals surface area contributed by atoms with Gasteiger partial charge in [-0.2, -0.15) is 8.78 Å². The molecule has 0 aromatic heterocycles. The van der Waals surface area contributed by atoms with Crippen LogP contribution < -0.4 is 4.74 Å². The molecule has 0 aliphatic heterocycles. The first-order chi connectivity index (χ1) is 7.52. The number of halogens is 2. The van der Waals surface area contributed by atoms with Gasteiger partial charge in [0.25, 0.3) is 0 Å². The Morgan fingerprint density at radius 1 is 1.25 bits per heavy atom. The van der Waals surface area contributed by atoms with Crippen molar-refractivity contribution in [1.82, 2.24) is 0 Å². The van der Waals surface area contributed by atoms with Gasteiger partial charge < -0.3 is 4.74 Å². The number of ether oxygens (including phenoxy) is 1. The van der Waals surface area contributed by atoms with E-state index in [0.717, 1.165) is 0 Å². The van der Waals surface area contributed by atoms with Crippen molar-refractivity contribution in [3.63, 3.8) is 0 Å². The number of carbonyl (C=O) groups excluding carboxylic acids is 1. The Labute approximate surface area is 92.2 Å². The maximum absolute atomic E-state index is 12.2. The first-order valence-corrected chi connectivity index (χ1v) is 5.14. The minimum Gasteiger partial charge on any atom is -0.435 e. The number of fused-ring (bicyclic) bond motifs is 1. The summed E-state index contributed by atoms with van der Waals surface area (Å²) in [5.41, 5.74) is 1.12. The van der Waals surface area contributed by atoms with Crippen LogP contribution in [0.1, 0.15) is 35.7 Å². The molecule has 0 bridgehead atoms. The highest BCUT2D eigenvalue weighted by Crippen LogP contribution is 2.42. The molecule has 2 unspecified atom stereocenters. The lowest BCUT2D eigenvalue weighted by molar-refractivity contribution is -0.0505. The molecule has 2 atom stereocenters. The van der Waals surface area contributed by atoms with Gasteiger partial charge in [0.05, 0.1) is 0 Å². The molecular weight excluding hydrogens is 214 g/mol. The van der Waals surface area contributed by atoms with Gasteiger partial charge in [0.15, 0.2) is 5.78 Å². The van der Waals surface area contributed by atoms with Crippen LogP contribution in [0.5, 0.6) is 5.75 Å². The largest absolute Gasteiger partial charge is 0.435 e. The van der Waals surface area contributed by atoms with E-state index in [9.17, 15) is 13.6 Å². The van der Waals surface area contributed by atoms with Gasteiger partial charge in [0.2, 0.25) is 0 Å². The smallest absolute Gasteiger partial charge is 0.387 e. The van der Waals surface area contributed by atoms with Gasteiger partial charge in [-0.15, -0.1) is 0 Å². The van der Waals surface area contributed by atoms with E-state index < -0.39 is 6.61 Å². The molecule has 4 heteroatoms. The van der Waals surface area contributed by atoms with Gasteiger partial charge in [0.1, 0.15) is 5.75 Å². The van der Waals surface area contributed by atoms with E-state index in [-0.39, 0.29) is 23.4 Å². The van der Waals surface area contributed by atoms with Crippen molar-refractivity contribution in [2.24, 2.45) is 5.92 Å². The highest BCUT2D eigenvalue weighted by molar-refractivity contribution is 6.03. The van der Waals surface area contributed by atoms with Crippen LogP contribution in [0.2, 0.25) is 0 Å². The topological polar surface area (TPSA) is 26.3 Å². The molecule has 0 spiro atoms. The van der Waals surface area contributed by atoms with Crippen LogP contribution in [0.4, 0.5) is 8.78 Å². The van der Waals surface area contributed by atoms with Gasteiger partial charge in [-0.1, -0.05) is 26.0 Å².